The van der Waals surface area contributed by atoms with Gasteiger partial charge in [0, 0.05) is 18.2 Å². The Morgan fingerprint density at radius 1 is 1.14 bits per heavy atom. The zero-order valence-electron chi connectivity index (χ0n) is 15.5. The first-order chi connectivity index (χ1) is 13.9. The summed E-state index contributed by atoms with van der Waals surface area (Å²) in [7, 11) is 0. The van der Waals surface area contributed by atoms with Gasteiger partial charge in [0.1, 0.15) is 0 Å². The van der Waals surface area contributed by atoms with Gasteiger partial charge in [-0.15, -0.1) is 0 Å². The number of anilines is 1. The molecule has 0 fully saturated rings. The molecule has 1 aliphatic rings. The smallest absolute Gasteiger partial charge is 0.308 e. The van der Waals surface area contributed by atoms with Crippen LogP contribution in [0.25, 0.3) is 0 Å². The predicted octanol–water partition coefficient (Wildman–Crippen LogP) is 1.51. The molecule has 0 radical (unpaired) electrons. The van der Waals surface area contributed by atoms with Crippen molar-refractivity contribution < 1.29 is 37.8 Å². The quantitative estimate of drug-likeness (QED) is 0.501. The second kappa shape index (κ2) is 8.91. The Morgan fingerprint density at radius 3 is 2.59 bits per heavy atom. The largest absolute Gasteiger partial charge is 0.459 e. The van der Waals surface area contributed by atoms with Gasteiger partial charge in [-0.3, -0.25) is 19.2 Å². The van der Waals surface area contributed by atoms with E-state index in [1.807, 2.05) is 0 Å². The highest BCUT2D eigenvalue weighted by molar-refractivity contribution is 6.05. The van der Waals surface area contributed by atoms with Crippen molar-refractivity contribution in [2.45, 2.75) is 13.3 Å². The van der Waals surface area contributed by atoms with Crippen LogP contribution in [0.5, 0.6) is 11.5 Å². The number of amides is 2. The molecule has 2 heterocycles. The van der Waals surface area contributed by atoms with Gasteiger partial charge in [0.25, 0.3) is 11.8 Å². The molecule has 1 aliphatic heterocycles. The number of benzene rings is 1. The van der Waals surface area contributed by atoms with Gasteiger partial charge in [-0.1, -0.05) is 0 Å². The van der Waals surface area contributed by atoms with Crippen molar-refractivity contribution >= 4 is 29.3 Å². The molecule has 1 aromatic carbocycles. The molecule has 2 N–H and O–H groups in total. The van der Waals surface area contributed by atoms with E-state index in [1.165, 1.54) is 31.4 Å². The molecule has 0 spiro atoms. The molecule has 0 aliphatic carbocycles. The highest BCUT2D eigenvalue weighted by Crippen LogP contribution is 2.37. The second-order valence-electron chi connectivity index (χ2n) is 6.00. The number of rotatable bonds is 8. The molecule has 152 valence electrons. The molecular weight excluding hydrogens is 384 g/mol. The monoisotopic (exact) mass is 402 g/mol. The maximum Gasteiger partial charge on any atom is 0.308 e. The summed E-state index contributed by atoms with van der Waals surface area (Å²) in [6.45, 7) is 0.857. The molecule has 2 aromatic rings. The summed E-state index contributed by atoms with van der Waals surface area (Å²) in [5, 5.41) is 5.01. The molecule has 3 rings (SSSR count). The zero-order chi connectivity index (χ0) is 20.8. The molecule has 0 unspecified atom stereocenters. The highest BCUT2D eigenvalue weighted by atomic mass is 16.7. The first-order valence-corrected chi connectivity index (χ1v) is 8.66. The average molecular weight is 402 g/mol. The maximum absolute atomic E-state index is 12.1. The molecule has 0 bridgehead atoms. The standard InChI is InChI=1S/C19H18N2O8/c1-11(22)12-7-15-16(29-10-28-15)8-13(12)21-17(23)9-27-18(24)4-5-20-19(25)14-3-2-6-26-14/h2-3,6-8H,4-5,9-10H2,1H3,(H,20,25)(H,21,23). The third kappa shape index (κ3) is 5.12. The van der Waals surface area contributed by atoms with Crippen LogP contribution < -0.4 is 20.1 Å². The molecule has 0 atom stereocenters. The zero-order valence-corrected chi connectivity index (χ0v) is 15.5. The number of esters is 1. The number of hydrogen-bond acceptors (Lipinski definition) is 8. The summed E-state index contributed by atoms with van der Waals surface area (Å²) in [6.07, 6.45) is 1.24. The van der Waals surface area contributed by atoms with Crippen LogP contribution in [-0.4, -0.2) is 43.5 Å². The normalized spacial score (nSPS) is 11.6. The summed E-state index contributed by atoms with van der Waals surface area (Å²) in [5.74, 6) is -1.09. The lowest BCUT2D eigenvalue weighted by molar-refractivity contribution is -0.147. The van der Waals surface area contributed by atoms with E-state index in [0.29, 0.717) is 11.5 Å². The Hall–Kier alpha value is -3.82. The number of hydrogen-bond donors (Lipinski definition) is 2. The number of ether oxygens (including phenoxy) is 3. The van der Waals surface area contributed by atoms with E-state index in [9.17, 15) is 19.2 Å². The molecular formula is C19H18N2O8. The van der Waals surface area contributed by atoms with E-state index in [4.69, 9.17) is 18.6 Å². The number of carbonyl (C=O) groups excluding carboxylic acids is 4. The number of furan rings is 1. The van der Waals surface area contributed by atoms with Gasteiger partial charge in [0.2, 0.25) is 6.79 Å². The number of nitrogens with one attached hydrogen (secondary N) is 2. The van der Waals surface area contributed by atoms with Gasteiger partial charge in [-0.05, 0) is 25.1 Å². The summed E-state index contributed by atoms with van der Waals surface area (Å²) in [5.41, 5.74) is 0.475. The topological polar surface area (TPSA) is 133 Å². The van der Waals surface area contributed by atoms with Crippen LogP contribution in [0, 0.1) is 0 Å². The number of Topliss-reactive ketones (excluding diaryl/α,β-unsaturated/α-hetero) is 1. The Balaban J connectivity index is 1.45. The fraction of sp³-hybridized carbons (Fsp3) is 0.263. The third-order valence-corrected chi connectivity index (χ3v) is 3.89. The van der Waals surface area contributed by atoms with Gasteiger partial charge >= 0.3 is 5.97 Å². The number of carbonyl (C=O) groups is 4. The van der Waals surface area contributed by atoms with Crippen molar-refractivity contribution in [2.75, 3.05) is 25.3 Å². The first-order valence-electron chi connectivity index (χ1n) is 8.66. The third-order valence-electron chi connectivity index (χ3n) is 3.89. The fourth-order valence-corrected chi connectivity index (χ4v) is 2.51. The minimum absolute atomic E-state index is 0.0244. The summed E-state index contributed by atoms with van der Waals surface area (Å²) in [6, 6.07) is 6.01. The van der Waals surface area contributed by atoms with Crippen LogP contribution in [0.1, 0.15) is 34.3 Å². The van der Waals surface area contributed by atoms with Crippen molar-refractivity contribution in [3.8, 4) is 11.5 Å². The van der Waals surface area contributed by atoms with E-state index in [-0.39, 0.29) is 42.6 Å². The van der Waals surface area contributed by atoms with Crippen LogP contribution in [0.15, 0.2) is 34.9 Å². The minimum Gasteiger partial charge on any atom is -0.459 e. The van der Waals surface area contributed by atoms with Crippen molar-refractivity contribution in [2.24, 2.45) is 0 Å². The Morgan fingerprint density at radius 2 is 1.90 bits per heavy atom. The number of ketones is 1. The van der Waals surface area contributed by atoms with Crippen molar-refractivity contribution in [1.29, 1.82) is 0 Å². The summed E-state index contributed by atoms with van der Waals surface area (Å²) in [4.78, 5) is 47.3. The van der Waals surface area contributed by atoms with Crippen LogP contribution in [0.2, 0.25) is 0 Å². The molecule has 2 amide bonds. The van der Waals surface area contributed by atoms with E-state index in [2.05, 4.69) is 10.6 Å². The Kier molecular flexibility index (Phi) is 6.12. The maximum atomic E-state index is 12.1. The lowest BCUT2D eigenvalue weighted by Gasteiger charge is -2.11. The first kappa shape index (κ1) is 19.9. The Bertz CT molecular complexity index is 936. The van der Waals surface area contributed by atoms with E-state index in [0.717, 1.165) is 0 Å². The van der Waals surface area contributed by atoms with Gasteiger partial charge < -0.3 is 29.3 Å². The van der Waals surface area contributed by atoms with Crippen molar-refractivity contribution in [3.05, 3.63) is 41.9 Å². The molecule has 0 saturated heterocycles. The van der Waals surface area contributed by atoms with Crippen LogP contribution >= 0.6 is 0 Å². The van der Waals surface area contributed by atoms with Crippen LogP contribution in [0.3, 0.4) is 0 Å². The lowest BCUT2D eigenvalue weighted by Crippen LogP contribution is -2.27. The minimum atomic E-state index is -0.669. The van der Waals surface area contributed by atoms with Crippen LogP contribution in [-0.2, 0) is 14.3 Å². The van der Waals surface area contributed by atoms with E-state index >= 15 is 0 Å². The lowest BCUT2D eigenvalue weighted by atomic mass is 10.1. The highest BCUT2D eigenvalue weighted by Gasteiger charge is 2.20. The van der Waals surface area contributed by atoms with Crippen molar-refractivity contribution in [1.82, 2.24) is 5.32 Å². The van der Waals surface area contributed by atoms with Gasteiger partial charge in [0.15, 0.2) is 29.6 Å². The molecule has 29 heavy (non-hydrogen) atoms. The molecule has 10 nitrogen and oxygen atoms in total. The van der Waals surface area contributed by atoms with Crippen molar-refractivity contribution in [3.63, 3.8) is 0 Å². The Labute approximate surface area is 165 Å². The van der Waals surface area contributed by atoms with Gasteiger partial charge in [-0.25, -0.2) is 0 Å². The van der Waals surface area contributed by atoms with Crippen LogP contribution in [0.4, 0.5) is 5.69 Å². The SMILES string of the molecule is CC(=O)c1cc2c(cc1NC(=O)COC(=O)CCNC(=O)c1ccco1)OCO2. The predicted molar refractivity (Wildman–Crippen MR) is 97.8 cm³/mol. The van der Waals surface area contributed by atoms with Gasteiger partial charge in [0.05, 0.1) is 18.4 Å². The van der Waals surface area contributed by atoms with E-state index in [1.54, 1.807) is 6.07 Å². The molecule has 1 aromatic heterocycles. The molecule has 0 saturated carbocycles. The molecule has 10 heteroatoms. The summed E-state index contributed by atoms with van der Waals surface area (Å²) >= 11 is 0. The second-order valence-corrected chi connectivity index (χ2v) is 6.00. The van der Waals surface area contributed by atoms with E-state index < -0.39 is 24.4 Å². The average Bonchev–Trinajstić information content (AvgIpc) is 3.37. The van der Waals surface area contributed by atoms with Gasteiger partial charge in [-0.2, -0.15) is 0 Å². The number of fused-ring (bicyclic) bond motifs is 1. The fourth-order valence-electron chi connectivity index (χ4n) is 2.51. The summed E-state index contributed by atoms with van der Waals surface area (Å²) < 4.78 is 20.2.